The van der Waals surface area contributed by atoms with E-state index in [0.717, 1.165) is 10.4 Å². The van der Waals surface area contributed by atoms with Crippen LogP contribution in [0.1, 0.15) is 20.8 Å². The maximum Gasteiger partial charge on any atom is 0.262 e. The van der Waals surface area contributed by atoms with Crippen LogP contribution in [0.2, 0.25) is 0 Å². The molecular weight excluding hydrogens is 308 g/mol. The average Bonchev–Trinajstić information content (AvgIpc) is 2.95. The molecule has 0 N–H and O–H groups in total. The maximum atomic E-state index is 12.6. The summed E-state index contributed by atoms with van der Waals surface area (Å²) in [5.74, 6) is 0.0132. The van der Waals surface area contributed by atoms with Crippen molar-refractivity contribution in [3.63, 3.8) is 0 Å². The van der Waals surface area contributed by atoms with E-state index in [9.17, 15) is 9.59 Å². The molecule has 23 heavy (non-hydrogen) atoms. The highest BCUT2D eigenvalue weighted by Crippen LogP contribution is 2.30. The molecule has 0 radical (unpaired) electrons. The molecule has 118 valence electrons. The van der Waals surface area contributed by atoms with Crippen molar-refractivity contribution in [1.29, 1.82) is 0 Å². The number of aromatic nitrogens is 2. The zero-order chi connectivity index (χ0) is 16.6. The number of Topliss-reactive ketones (excluding diaryl/α,β-unsaturated/α-hetero) is 1. The quantitative estimate of drug-likeness (QED) is 0.737. The lowest BCUT2D eigenvalue weighted by atomic mass is 9.91. The van der Waals surface area contributed by atoms with Crippen molar-refractivity contribution >= 4 is 27.3 Å². The molecule has 0 aliphatic heterocycles. The van der Waals surface area contributed by atoms with Gasteiger partial charge in [0.05, 0.1) is 18.3 Å². The highest BCUT2D eigenvalue weighted by molar-refractivity contribution is 7.21. The van der Waals surface area contributed by atoms with Gasteiger partial charge in [-0.1, -0.05) is 51.1 Å². The molecule has 3 aromatic rings. The number of hydrogen-bond donors (Lipinski definition) is 0. The lowest BCUT2D eigenvalue weighted by Gasteiger charge is -2.16. The molecule has 0 bridgehead atoms. The number of carbonyl (C=O) groups is 1. The van der Waals surface area contributed by atoms with Crippen molar-refractivity contribution in [1.82, 2.24) is 9.55 Å². The number of carbonyl (C=O) groups excluding carboxylic acids is 1. The fraction of sp³-hybridized carbons (Fsp3) is 0.278. The fourth-order valence-corrected chi connectivity index (χ4v) is 3.20. The van der Waals surface area contributed by atoms with Crippen LogP contribution in [0.15, 0.2) is 47.5 Å². The summed E-state index contributed by atoms with van der Waals surface area (Å²) in [5, 5.41) is 0.568. The van der Waals surface area contributed by atoms with Gasteiger partial charge in [-0.3, -0.25) is 14.2 Å². The average molecular weight is 326 g/mol. The minimum absolute atomic E-state index is 0.0132. The monoisotopic (exact) mass is 326 g/mol. The fourth-order valence-electron chi connectivity index (χ4n) is 2.21. The van der Waals surface area contributed by atoms with Crippen LogP contribution in [-0.4, -0.2) is 15.3 Å². The van der Waals surface area contributed by atoms with Crippen molar-refractivity contribution in [2.45, 2.75) is 27.3 Å². The van der Waals surface area contributed by atoms with Gasteiger partial charge in [0.25, 0.3) is 5.56 Å². The van der Waals surface area contributed by atoms with Gasteiger partial charge < -0.3 is 0 Å². The van der Waals surface area contributed by atoms with Gasteiger partial charge in [-0.2, -0.15) is 0 Å². The van der Waals surface area contributed by atoms with E-state index >= 15 is 0 Å². The third kappa shape index (κ3) is 3.10. The van der Waals surface area contributed by atoms with Crippen LogP contribution in [0.3, 0.4) is 0 Å². The molecule has 4 nitrogen and oxygen atoms in total. The first kappa shape index (κ1) is 15.6. The number of thiophene rings is 1. The van der Waals surface area contributed by atoms with Crippen molar-refractivity contribution in [3.05, 3.63) is 53.1 Å². The number of rotatable bonds is 3. The van der Waals surface area contributed by atoms with Gasteiger partial charge in [0.15, 0.2) is 5.78 Å². The van der Waals surface area contributed by atoms with E-state index in [-0.39, 0.29) is 17.9 Å². The van der Waals surface area contributed by atoms with Crippen LogP contribution in [0, 0.1) is 5.41 Å². The van der Waals surface area contributed by atoms with Gasteiger partial charge in [-0.05, 0) is 11.6 Å². The first-order valence-corrected chi connectivity index (χ1v) is 8.25. The molecule has 0 aliphatic rings. The Hall–Kier alpha value is -2.27. The predicted octanol–water partition coefficient (Wildman–Crippen LogP) is 3.74. The van der Waals surface area contributed by atoms with Gasteiger partial charge in [0, 0.05) is 10.3 Å². The minimum atomic E-state index is -0.474. The largest absolute Gasteiger partial charge is 0.297 e. The van der Waals surface area contributed by atoms with Crippen molar-refractivity contribution in [2.24, 2.45) is 5.41 Å². The first-order chi connectivity index (χ1) is 10.9. The van der Waals surface area contributed by atoms with Gasteiger partial charge in [-0.15, -0.1) is 11.3 Å². The molecule has 5 heteroatoms. The van der Waals surface area contributed by atoms with Crippen LogP contribution >= 0.6 is 11.3 Å². The Kier molecular flexibility index (Phi) is 3.90. The first-order valence-electron chi connectivity index (χ1n) is 7.44. The second-order valence-corrected chi connectivity index (χ2v) is 7.58. The number of benzene rings is 1. The van der Waals surface area contributed by atoms with Gasteiger partial charge in [0.2, 0.25) is 0 Å². The molecule has 0 saturated heterocycles. The second kappa shape index (κ2) is 5.74. The SMILES string of the molecule is CC(C)(C)C(=O)Cn1cnc2sc(-c3ccccc3)cc2c1=O. The number of nitrogens with zero attached hydrogens (tertiary/aromatic N) is 2. The minimum Gasteiger partial charge on any atom is -0.297 e. The third-order valence-corrected chi connectivity index (χ3v) is 4.82. The Morgan fingerprint density at radius 1 is 1.22 bits per heavy atom. The molecule has 0 aliphatic carbocycles. The van der Waals surface area contributed by atoms with Crippen molar-refractivity contribution < 1.29 is 4.79 Å². The molecule has 3 rings (SSSR count). The molecule has 0 spiro atoms. The van der Waals surface area contributed by atoms with Gasteiger partial charge in [0.1, 0.15) is 4.83 Å². The van der Waals surface area contributed by atoms with Crippen molar-refractivity contribution in [3.8, 4) is 10.4 Å². The van der Waals surface area contributed by atoms with E-state index in [1.807, 2.05) is 57.2 Å². The number of fused-ring (bicyclic) bond motifs is 1. The van der Waals surface area contributed by atoms with Crippen molar-refractivity contribution in [2.75, 3.05) is 0 Å². The van der Waals surface area contributed by atoms with E-state index in [0.29, 0.717) is 10.2 Å². The summed E-state index contributed by atoms with van der Waals surface area (Å²) < 4.78 is 1.40. The van der Waals surface area contributed by atoms with E-state index in [2.05, 4.69) is 4.98 Å². The summed E-state index contributed by atoms with van der Waals surface area (Å²) in [6.45, 7) is 5.61. The summed E-state index contributed by atoms with van der Waals surface area (Å²) in [6, 6.07) is 11.8. The van der Waals surface area contributed by atoms with E-state index in [4.69, 9.17) is 0 Å². The van der Waals surface area contributed by atoms with Crippen LogP contribution in [0.5, 0.6) is 0 Å². The molecule has 2 heterocycles. The zero-order valence-electron chi connectivity index (χ0n) is 13.4. The molecular formula is C18H18N2O2S. The van der Waals surface area contributed by atoms with Crippen LogP contribution in [0.4, 0.5) is 0 Å². The summed E-state index contributed by atoms with van der Waals surface area (Å²) in [6.07, 6.45) is 1.47. The molecule has 0 fully saturated rings. The van der Waals surface area contributed by atoms with Crippen LogP contribution in [-0.2, 0) is 11.3 Å². The Bertz CT molecular complexity index is 918. The van der Waals surface area contributed by atoms with E-state index in [1.165, 1.54) is 22.2 Å². The third-order valence-electron chi connectivity index (χ3n) is 3.73. The lowest BCUT2D eigenvalue weighted by Crippen LogP contribution is -2.30. The Morgan fingerprint density at radius 2 is 1.91 bits per heavy atom. The standard InChI is InChI=1S/C18H18N2O2S/c1-18(2,3)15(21)10-20-11-19-16-13(17(20)22)9-14(23-16)12-7-5-4-6-8-12/h4-9,11H,10H2,1-3H3. The van der Waals surface area contributed by atoms with Crippen LogP contribution in [0.25, 0.3) is 20.7 Å². The summed E-state index contributed by atoms with van der Waals surface area (Å²) >= 11 is 1.49. The zero-order valence-corrected chi connectivity index (χ0v) is 14.2. The molecule has 0 atom stereocenters. The molecule has 1 aromatic carbocycles. The molecule has 0 unspecified atom stereocenters. The maximum absolute atomic E-state index is 12.6. The number of ketones is 1. The van der Waals surface area contributed by atoms with Gasteiger partial charge in [-0.25, -0.2) is 4.98 Å². The smallest absolute Gasteiger partial charge is 0.262 e. The predicted molar refractivity (Wildman–Crippen MR) is 93.8 cm³/mol. The Labute approximate surface area is 138 Å². The van der Waals surface area contributed by atoms with Gasteiger partial charge >= 0.3 is 0 Å². The Balaban J connectivity index is 2.03. The molecule has 2 aromatic heterocycles. The van der Waals surface area contributed by atoms with E-state index < -0.39 is 5.41 Å². The Morgan fingerprint density at radius 3 is 2.57 bits per heavy atom. The summed E-state index contributed by atoms with van der Waals surface area (Å²) in [4.78, 5) is 30.8. The molecule has 0 amide bonds. The van der Waals surface area contributed by atoms with Crippen LogP contribution < -0.4 is 5.56 Å². The summed E-state index contributed by atoms with van der Waals surface area (Å²) in [5.41, 5.74) is 0.427. The number of hydrogen-bond acceptors (Lipinski definition) is 4. The lowest BCUT2D eigenvalue weighted by molar-refractivity contribution is -0.126. The highest BCUT2D eigenvalue weighted by atomic mass is 32.1. The normalized spacial score (nSPS) is 11.8. The van der Waals surface area contributed by atoms with E-state index in [1.54, 1.807) is 0 Å². The molecule has 0 saturated carbocycles. The summed E-state index contributed by atoms with van der Waals surface area (Å²) in [7, 11) is 0. The second-order valence-electron chi connectivity index (χ2n) is 6.55. The topological polar surface area (TPSA) is 52.0 Å². The highest BCUT2D eigenvalue weighted by Gasteiger charge is 2.22.